The molecule has 2 aliphatic rings. The van der Waals surface area contributed by atoms with Gasteiger partial charge in [-0.15, -0.1) is 0 Å². The Morgan fingerprint density at radius 2 is 1.92 bits per heavy atom. The molecule has 0 aromatic carbocycles. The van der Waals surface area contributed by atoms with Crippen molar-refractivity contribution in [2.45, 2.75) is 77.4 Å². The summed E-state index contributed by atoms with van der Waals surface area (Å²) < 4.78 is 5.38. The summed E-state index contributed by atoms with van der Waals surface area (Å²) in [5.41, 5.74) is -1.40. The van der Waals surface area contributed by atoms with E-state index >= 15 is 0 Å². The minimum absolute atomic E-state index is 0. The number of nitriles is 1. The molecule has 1 heterocycles. The highest BCUT2D eigenvalue weighted by atomic mass is 16.6. The van der Waals surface area contributed by atoms with Crippen LogP contribution >= 0.6 is 0 Å². The van der Waals surface area contributed by atoms with E-state index in [0.717, 1.165) is 19.3 Å². The molecule has 1 saturated carbocycles. The van der Waals surface area contributed by atoms with Crippen molar-refractivity contribution in [3.63, 3.8) is 0 Å². The second-order valence-corrected chi connectivity index (χ2v) is 8.62. The Morgan fingerprint density at radius 1 is 1.28 bits per heavy atom. The first-order valence-electron chi connectivity index (χ1n) is 9.35. The number of nitrogens with one attached hydrogen (secondary N) is 1. The highest BCUT2D eigenvalue weighted by Crippen LogP contribution is 2.30. The van der Waals surface area contributed by atoms with Crippen LogP contribution in [0.15, 0.2) is 0 Å². The van der Waals surface area contributed by atoms with Crippen molar-refractivity contribution in [2.75, 3.05) is 13.1 Å². The zero-order valence-electron chi connectivity index (χ0n) is 15.9. The van der Waals surface area contributed by atoms with Gasteiger partial charge < -0.3 is 15.0 Å². The lowest BCUT2D eigenvalue weighted by molar-refractivity contribution is -0.128. The lowest BCUT2D eigenvalue weighted by Crippen LogP contribution is -2.57. The molecule has 1 N–H and O–H groups in total. The first-order valence-corrected chi connectivity index (χ1v) is 9.35. The third kappa shape index (κ3) is 5.35. The maximum atomic E-state index is 12.6. The summed E-state index contributed by atoms with van der Waals surface area (Å²) in [6.45, 7) is 8.52. The maximum Gasteiger partial charge on any atom is 0.410 e. The molecule has 0 radical (unpaired) electrons. The predicted molar refractivity (Wildman–Crippen MR) is 96.8 cm³/mol. The highest BCUT2D eigenvalue weighted by molar-refractivity contribution is 5.80. The zero-order chi connectivity index (χ0) is 18.7. The van der Waals surface area contributed by atoms with E-state index in [1.807, 2.05) is 20.8 Å². The summed E-state index contributed by atoms with van der Waals surface area (Å²) in [4.78, 5) is 26.4. The van der Waals surface area contributed by atoms with Crippen molar-refractivity contribution in [2.24, 2.45) is 11.8 Å². The Bertz CT molecular complexity index is 545. The fourth-order valence-corrected chi connectivity index (χ4v) is 3.67. The lowest BCUT2D eigenvalue weighted by atomic mass is 9.81. The van der Waals surface area contributed by atoms with E-state index in [-0.39, 0.29) is 19.3 Å². The van der Waals surface area contributed by atoms with E-state index in [4.69, 9.17) is 4.74 Å². The Balaban J connectivity index is 0.00000338. The fraction of sp³-hybridized carbons (Fsp3) is 0.842. The van der Waals surface area contributed by atoms with Crippen molar-refractivity contribution in [1.29, 1.82) is 5.26 Å². The SMILES string of the molecule is CC1CCCC(C(=O)NC2(C#N)CCN(C(=O)OC(C)(C)C)CC2)C1.[HH]. The van der Waals surface area contributed by atoms with Gasteiger partial charge in [0.05, 0.1) is 6.07 Å². The Hall–Kier alpha value is -1.77. The van der Waals surface area contributed by atoms with Gasteiger partial charge in [0.15, 0.2) is 0 Å². The number of carbonyl (C=O) groups is 2. The molecule has 2 rings (SSSR count). The summed E-state index contributed by atoms with van der Waals surface area (Å²) in [5.74, 6) is 0.577. The number of rotatable bonds is 2. The molecule has 6 nitrogen and oxygen atoms in total. The molecule has 1 aliphatic carbocycles. The van der Waals surface area contributed by atoms with Crippen molar-refractivity contribution in [3.8, 4) is 6.07 Å². The van der Waals surface area contributed by atoms with E-state index in [2.05, 4.69) is 18.3 Å². The molecule has 2 amide bonds. The molecule has 0 spiro atoms. The fourth-order valence-electron chi connectivity index (χ4n) is 3.67. The summed E-state index contributed by atoms with van der Waals surface area (Å²) in [7, 11) is 0. The van der Waals surface area contributed by atoms with E-state index in [1.165, 1.54) is 6.42 Å². The average molecular weight is 351 g/mol. The second-order valence-electron chi connectivity index (χ2n) is 8.62. The summed E-state index contributed by atoms with van der Waals surface area (Å²) in [5, 5.41) is 12.7. The molecule has 2 atom stereocenters. The summed E-state index contributed by atoms with van der Waals surface area (Å²) in [6, 6.07) is 2.30. The molecule has 142 valence electrons. The van der Waals surface area contributed by atoms with Gasteiger partial charge in [-0.3, -0.25) is 4.79 Å². The Labute approximate surface area is 152 Å². The van der Waals surface area contributed by atoms with Crippen LogP contribution in [0, 0.1) is 23.2 Å². The van der Waals surface area contributed by atoms with Crippen LogP contribution in [-0.2, 0) is 9.53 Å². The number of nitrogens with zero attached hydrogens (tertiary/aromatic N) is 2. The highest BCUT2D eigenvalue weighted by Gasteiger charge is 2.40. The van der Waals surface area contributed by atoms with Crippen molar-refractivity contribution < 1.29 is 15.8 Å². The van der Waals surface area contributed by atoms with Gasteiger partial charge in [-0.1, -0.05) is 19.8 Å². The molecule has 0 aromatic heterocycles. The Morgan fingerprint density at radius 3 is 2.44 bits per heavy atom. The van der Waals surface area contributed by atoms with E-state index < -0.39 is 11.1 Å². The molecule has 2 unspecified atom stereocenters. The van der Waals surface area contributed by atoms with Crippen LogP contribution in [0.25, 0.3) is 0 Å². The molecule has 1 saturated heterocycles. The Kier molecular flexibility index (Phi) is 5.97. The normalized spacial score (nSPS) is 26.4. The van der Waals surface area contributed by atoms with Gasteiger partial charge in [0.1, 0.15) is 11.1 Å². The van der Waals surface area contributed by atoms with Crippen molar-refractivity contribution in [3.05, 3.63) is 0 Å². The average Bonchev–Trinajstić information content (AvgIpc) is 2.53. The third-order valence-electron chi connectivity index (χ3n) is 5.15. The first-order chi connectivity index (χ1) is 11.6. The monoisotopic (exact) mass is 351 g/mol. The molecule has 0 aromatic rings. The minimum Gasteiger partial charge on any atom is -0.444 e. The van der Waals surface area contributed by atoms with Gasteiger partial charge in [0.25, 0.3) is 0 Å². The molecule has 1 aliphatic heterocycles. The number of amides is 2. The molecular weight excluding hydrogens is 318 g/mol. The summed E-state index contributed by atoms with van der Waals surface area (Å²) >= 11 is 0. The maximum absolute atomic E-state index is 12.6. The second kappa shape index (κ2) is 7.63. The van der Waals surface area contributed by atoms with Gasteiger partial charge in [0, 0.05) is 33.3 Å². The number of ether oxygens (including phenoxy) is 1. The molecule has 6 heteroatoms. The van der Waals surface area contributed by atoms with Gasteiger partial charge >= 0.3 is 6.09 Å². The first kappa shape index (κ1) is 19.6. The number of piperidine rings is 1. The quantitative estimate of drug-likeness (QED) is 0.826. The zero-order valence-corrected chi connectivity index (χ0v) is 15.9. The van der Waals surface area contributed by atoms with Crippen molar-refractivity contribution in [1.82, 2.24) is 10.2 Å². The predicted octanol–water partition coefficient (Wildman–Crippen LogP) is 3.47. The van der Waals surface area contributed by atoms with Crippen LogP contribution in [0.5, 0.6) is 0 Å². The smallest absolute Gasteiger partial charge is 0.410 e. The molecule has 2 fully saturated rings. The minimum atomic E-state index is -0.865. The van der Waals surface area contributed by atoms with E-state index in [0.29, 0.717) is 31.8 Å². The van der Waals surface area contributed by atoms with Gasteiger partial charge in [-0.05, 0) is 39.5 Å². The van der Waals surface area contributed by atoms with Crippen LogP contribution < -0.4 is 5.32 Å². The third-order valence-corrected chi connectivity index (χ3v) is 5.15. The lowest BCUT2D eigenvalue weighted by Gasteiger charge is -2.39. The standard InChI is InChI=1S/C19H31N3O3.H2/c1-14-6-5-7-15(12-14)16(23)21-19(13-20)8-10-22(11-9-19)17(24)25-18(2,3)4;/h14-15H,5-12H2,1-4H3,(H,21,23);1H. The number of hydrogen-bond donors (Lipinski definition) is 1. The van der Waals surface area contributed by atoms with Crippen LogP contribution in [0.1, 0.15) is 67.6 Å². The van der Waals surface area contributed by atoms with Crippen LogP contribution in [-0.4, -0.2) is 41.1 Å². The van der Waals surface area contributed by atoms with E-state index in [1.54, 1.807) is 4.90 Å². The van der Waals surface area contributed by atoms with Gasteiger partial charge in [-0.2, -0.15) is 5.26 Å². The molecule has 0 bridgehead atoms. The van der Waals surface area contributed by atoms with E-state index in [9.17, 15) is 14.9 Å². The van der Waals surface area contributed by atoms with Crippen LogP contribution in [0.2, 0.25) is 0 Å². The number of likely N-dealkylation sites (tertiary alicyclic amines) is 1. The topological polar surface area (TPSA) is 82.4 Å². The molecular formula is C19H33N3O3. The number of carbonyl (C=O) groups excluding carboxylic acids is 2. The van der Waals surface area contributed by atoms with Gasteiger partial charge in [0.2, 0.25) is 5.91 Å². The molecule has 25 heavy (non-hydrogen) atoms. The van der Waals surface area contributed by atoms with Crippen LogP contribution in [0.3, 0.4) is 0 Å². The largest absolute Gasteiger partial charge is 0.444 e. The van der Waals surface area contributed by atoms with Crippen molar-refractivity contribution >= 4 is 12.0 Å². The number of hydrogen-bond acceptors (Lipinski definition) is 4. The van der Waals surface area contributed by atoms with Gasteiger partial charge in [-0.25, -0.2) is 4.79 Å². The van der Waals surface area contributed by atoms with Crippen LogP contribution in [0.4, 0.5) is 4.79 Å². The summed E-state index contributed by atoms with van der Waals surface area (Å²) in [6.07, 6.45) is 4.59.